The Hall–Kier alpha value is -1.76. The van der Waals surface area contributed by atoms with Gasteiger partial charge in [-0.05, 0) is 47.8 Å². The number of halogens is 1. The van der Waals surface area contributed by atoms with E-state index in [-0.39, 0.29) is 11.8 Å². The summed E-state index contributed by atoms with van der Waals surface area (Å²) in [5.41, 5.74) is 0.495. The molecule has 0 unspecified atom stereocenters. The number of carbonyl (C=O) groups is 2. The molecule has 1 aromatic carbocycles. The third kappa shape index (κ3) is 3.96. The Morgan fingerprint density at radius 3 is 2.52 bits per heavy atom. The van der Waals surface area contributed by atoms with Gasteiger partial charge in [-0.15, -0.1) is 0 Å². The minimum Gasteiger partial charge on any atom is -0.492 e. The summed E-state index contributed by atoms with van der Waals surface area (Å²) in [6.07, 6.45) is 0.966. The molecule has 2 rings (SSSR count). The van der Waals surface area contributed by atoms with Gasteiger partial charge in [0.25, 0.3) is 5.91 Å². The lowest BCUT2D eigenvalue weighted by molar-refractivity contribution is -0.143. The van der Waals surface area contributed by atoms with Crippen LogP contribution in [0, 0.1) is 5.92 Å². The fourth-order valence-electron chi connectivity index (χ4n) is 2.66. The van der Waals surface area contributed by atoms with Gasteiger partial charge in [0.1, 0.15) is 0 Å². The normalized spacial score (nSPS) is 15.3. The molecule has 126 valence electrons. The number of piperidine rings is 1. The monoisotopic (exact) mass is 385 g/mol. The molecule has 1 amide bonds. The summed E-state index contributed by atoms with van der Waals surface area (Å²) in [5.74, 6) is -0.220. The second-order valence-electron chi connectivity index (χ2n) is 5.33. The fraction of sp³-hybridized carbons (Fsp3) is 0.500. The summed E-state index contributed by atoms with van der Waals surface area (Å²) >= 11 is 3.40. The van der Waals surface area contributed by atoms with Gasteiger partial charge in [0.15, 0.2) is 11.5 Å². The summed E-state index contributed by atoms with van der Waals surface area (Å²) in [5, 5.41) is 9.03. The largest absolute Gasteiger partial charge is 0.492 e. The highest BCUT2D eigenvalue weighted by Crippen LogP contribution is 2.37. The van der Waals surface area contributed by atoms with Crippen molar-refractivity contribution in [2.75, 3.05) is 26.8 Å². The van der Waals surface area contributed by atoms with Gasteiger partial charge in [-0.3, -0.25) is 9.59 Å². The molecule has 7 heteroatoms. The van der Waals surface area contributed by atoms with E-state index in [2.05, 4.69) is 15.9 Å². The van der Waals surface area contributed by atoms with Gasteiger partial charge in [-0.25, -0.2) is 0 Å². The van der Waals surface area contributed by atoms with Gasteiger partial charge < -0.3 is 19.5 Å². The third-order valence-electron chi connectivity index (χ3n) is 3.89. The number of amides is 1. The minimum absolute atomic E-state index is 0.127. The Bertz CT molecular complexity index is 596. The first-order valence-corrected chi connectivity index (χ1v) is 8.29. The predicted octanol–water partition coefficient (Wildman–Crippen LogP) is 2.79. The maximum Gasteiger partial charge on any atom is 0.306 e. The summed E-state index contributed by atoms with van der Waals surface area (Å²) in [7, 11) is 1.54. The zero-order valence-corrected chi connectivity index (χ0v) is 14.8. The maximum atomic E-state index is 12.6. The number of ether oxygens (including phenoxy) is 2. The molecule has 6 nitrogen and oxygen atoms in total. The second kappa shape index (κ2) is 7.68. The van der Waals surface area contributed by atoms with E-state index < -0.39 is 5.97 Å². The van der Waals surface area contributed by atoms with Crippen LogP contribution in [0.15, 0.2) is 16.6 Å². The van der Waals surface area contributed by atoms with Gasteiger partial charge >= 0.3 is 5.97 Å². The van der Waals surface area contributed by atoms with Crippen LogP contribution in [0.1, 0.15) is 30.1 Å². The highest BCUT2D eigenvalue weighted by molar-refractivity contribution is 9.10. The van der Waals surface area contributed by atoms with E-state index in [4.69, 9.17) is 14.6 Å². The van der Waals surface area contributed by atoms with Crippen molar-refractivity contribution in [2.45, 2.75) is 19.8 Å². The van der Waals surface area contributed by atoms with Crippen LogP contribution in [0.5, 0.6) is 11.5 Å². The number of benzene rings is 1. The Labute approximate surface area is 143 Å². The molecule has 0 atom stereocenters. The summed E-state index contributed by atoms with van der Waals surface area (Å²) in [6.45, 7) is 3.22. The number of hydrogen-bond acceptors (Lipinski definition) is 4. The standard InChI is InChI=1S/C16H20BrNO5/c1-3-23-13-9-11(8-12(17)14(13)22-2)15(19)18-6-4-10(5-7-18)16(20)21/h8-10H,3-7H2,1-2H3,(H,20,21). The van der Waals surface area contributed by atoms with Crippen LogP contribution in [0.25, 0.3) is 0 Å². The van der Waals surface area contributed by atoms with E-state index in [0.717, 1.165) is 0 Å². The molecule has 1 aliphatic heterocycles. The van der Waals surface area contributed by atoms with Crippen LogP contribution in [-0.2, 0) is 4.79 Å². The van der Waals surface area contributed by atoms with Crippen molar-refractivity contribution in [1.82, 2.24) is 4.90 Å². The van der Waals surface area contributed by atoms with Crippen LogP contribution in [0.2, 0.25) is 0 Å². The molecule has 1 N–H and O–H groups in total. The predicted molar refractivity (Wildman–Crippen MR) is 88.1 cm³/mol. The molecular formula is C16H20BrNO5. The zero-order valence-electron chi connectivity index (χ0n) is 13.2. The van der Waals surface area contributed by atoms with Crippen molar-refractivity contribution >= 4 is 27.8 Å². The molecule has 0 saturated carbocycles. The van der Waals surface area contributed by atoms with E-state index in [9.17, 15) is 9.59 Å². The number of hydrogen-bond donors (Lipinski definition) is 1. The first-order chi connectivity index (χ1) is 11.0. The molecule has 1 heterocycles. The number of nitrogens with zero attached hydrogens (tertiary/aromatic N) is 1. The summed E-state index contributed by atoms with van der Waals surface area (Å²) in [4.78, 5) is 25.3. The van der Waals surface area contributed by atoms with Crippen LogP contribution < -0.4 is 9.47 Å². The Morgan fingerprint density at radius 2 is 2.00 bits per heavy atom. The SMILES string of the molecule is CCOc1cc(C(=O)N2CCC(C(=O)O)CC2)cc(Br)c1OC. The van der Waals surface area contributed by atoms with Crippen LogP contribution in [-0.4, -0.2) is 48.7 Å². The molecular weight excluding hydrogens is 366 g/mol. The van der Waals surface area contributed by atoms with E-state index in [1.165, 1.54) is 0 Å². The number of methoxy groups -OCH3 is 1. The van der Waals surface area contributed by atoms with Crippen LogP contribution in [0.4, 0.5) is 0 Å². The summed E-state index contributed by atoms with van der Waals surface area (Å²) < 4.78 is 11.5. The van der Waals surface area contributed by atoms with Gasteiger partial charge in [0.2, 0.25) is 0 Å². The van der Waals surface area contributed by atoms with Crippen LogP contribution in [0.3, 0.4) is 0 Å². The van der Waals surface area contributed by atoms with Crippen molar-refractivity contribution in [1.29, 1.82) is 0 Å². The molecule has 1 saturated heterocycles. The van der Waals surface area contributed by atoms with Gasteiger partial charge in [-0.2, -0.15) is 0 Å². The molecule has 1 aliphatic rings. The topological polar surface area (TPSA) is 76.1 Å². The Kier molecular flexibility index (Phi) is 5.87. The molecule has 0 aromatic heterocycles. The molecule has 1 aromatic rings. The number of aliphatic carboxylic acids is 1. The third-order valence-corrected chi connectivity index (χ3v) is 4.48. The maximum absolute atomic E-state index is 12.6. The first kappa shape index (κ1) is 17.6. The Balaban J connectivity index is 2.18. The quantitative estimate of drug-likeness (QED) is 0.842. The lowest BCUT2D eigenvalue weighted by atomic mass is 9.96. The Morgan fingerprint density at radius 1 is 1.35 bits per heavy atom. The average molecular weight is 386 g/mol. The smallest absolute Gasteiger partial charge is 0.306 e. The number of likely N-dealkylation sites (tertiary alicyclic amines) is 1. The molecule has 1 fully saturated rings. The number of carboxylic acids is 1. The molecule has 0 spiro atoms. The first-order valence-electron chi connectivity index (χ1n) is 7.50. The molecule has 0 radical (unpaired) electrons. The van der Waals surface area contributed by atoms with E-state index in [0.29, 0.717) is 54.1 Å². The van der Waals surface area contributed by atoms with E-state index >= 15 is 0 Å². The fourth-order valence-corrected chi connectivity index (χ4v) is 3.27. The number of carbonyl (C=O) groups excluding carboxylic acids is 1. The molecule has 0 bridgehead atoms. The van der Waals surface area contributed by atoms with Gasteiger partial charge in [0.05, 0.1) is 24.1 Å². The van der Waals surface area contributed by atoms with Crippen molar-refractivity contribution in [3.63, 3.8) is 0 Å². The number of carboxylic acid groups (broad SMARTS) is 1. The van der Waals surface area contributed by atoms with Gasteiger partial charge in [0, 0.05) is 18.7 Å². The second-order valence-corrected chi connectivity index (χ2v) is 6.18. The van der Waals surface area contributed by atoms with E-state index in [1.807, 2.05) is 6.92 Å². The van der Waals surface area contributed by atoms with E-state index in [1.54, 1.807) is 24.1 Å². The molecule has 23 heavy (non-hydrogen) atoms. The highest BCUT2D eigenvalue weighted by Gasteiger charge is 2.28. The summed E-state index contributed by atoms with van der Waals surface area (Å²) in [6, 6.07) is 3.37. The average Bonchev–Trinajstić information content (AvgIpc) is 2.54. The van der Waals surface area contributed by atoms with Crippen molar-refractivity contribution in [2.24, 2.45) is 5.92 Å². The van der Waals surface area contributed by atoms with Crippen molar-refractivity contribution in [3.05, 3.63) is 22.2 Å². The van der Waals surface area contributed by atoms with Crippen molar-refractivity contribution in [3.8, 4) is 11.5 Å². The van der Waals surface area contributed by atoms with Crippen molar-refractivity contribution < 1.29 is 24.2 Å². The van der Waals surface area contributed by atoms with Gasteiger partial charge in [-0.1, -0.05) is 0 Å². The molecule has 0 aliphatic carbocycles. The number of rotatable bonds is 5. The minimum atomic E-state index is -0.789. The lowest BCUT2D eigenvalue weighted by Crippen LogP contribution is -2.40. The zero-order chi connectivity index (χ0) is 17.0. The highest BCUT2D eigenvalue weighted by atomic mass is 79.9. The van der Waals surface area contributed by atoms with Crippen LogP contribution >= 0.6 is 15.9 Å². The lowest BCUT2D eigenvalue weighted by Gasteiger charge is -2.30.